The monoisotopic (exact) mass is 393 g/mol. The average molecular weight is 394 g/mol. The van der Waals surface area contributed by atoms with Crippen molar-refractivity contribution < 1.29 is 9.90 Å². The summed E-state index contributed by atoms with van der Waals surface area (Å²) in [6.07, 6.45) is 0.981. The summed E-state index contributed by atoms with van der Waals surface area (Å²) in [5.74, 6) is 0.935. The third-order valence-corrected chi connectivity index (χ3v) is 6.26. The molecule has 5 nitrogen and oxygen atoms in total. The Morgan fingerprint density at radius 3 is 2.39 bits per heavy atom. The zero-order valence-corrected chi connectivity index (χ0v) is 16.9. The number of fused-ring (bicyclic) bond motifs is 1. The van der Waals surface area contributed by atoms with Crippen LogP contribution in [0.15, 0.2) is 58.5 Å². The second kappa shape index (κ2) is 7.72. The molecule has 0 atom stereocenters. The highest BCUT2D eigenvalue weighted by Crippen LogP contribution is 2.34. The van der Waals surface area contributed by atoms with E-state index in [1.165, 1.54) is 25.8 Å². The molecule has 2 heterocycles. The van der Waals surface area contributed by atoms with Gasteiger partial charge in [0.05, 0.1) is 0 Å². The lowest BCUT2D eigenvalue weighted by atomic mass is 10.1. The van der Waals surface area contributed by atoms with E-state index in [1.54, 1.807) is 11.8 Å². The first-order chi connectivity index (χ1) is 13.5. The number of hydrogen-bond donors (Lipinski definition) is 1. The maximum absolute atomic E-state index is 11.2. The third-order valence-electron chi connectivity index (χ3n) is 5.28. The summed E-state index contributed by atoms with van der Waals surface area (Å²) < 4.78 is 0. The zero-order valence-electron chi connectivity index (χ0n) is 16.1. The number of aryl methyl sites for hydroxylation is 2. The van der Waals surface area contributed by atoms with Crippen molar-refractivity contribution in [2.75, 3.05) is 31.1 Å². The number of pyridine rings is 1. The van der Waals surface area contributed by atoms with Crippen molar-refractivity contribution in [2.45, 2.75) is 23.6 Å². The first-order valence-electron chi connectivity index (χ1n) is 9.38. The lowest BCUT2D eigenvalue weighted by Gasteiger charge is -2.34. The van der Waals surface area contributed by atoms with E-state index < -0.39 is 6.09 Å². The molecule has 6 heteroatoms. The molecule has 1 fully saturated rings. The highest BCUT2D eigenvalue weighted by molar-refractivity contribution is 7.99. The fourth-order valence-electron chi connectivity index (χ4n) is 3.47. The summed E-state index contributed by atoms with van der Waals surface area (Å²) in [5.41, 5.74) is 2.60. The first-order valence-corrected chi connectivity index (χ1v) is 10.2. The molecular weight excluding hydrogens is 370 g/mol. The summed E-state index contributed by atoms with van der Waals surface area (Å²) in [6, 6.07) is 15.0. The van der Waals surface area contributed by atoms with Crippen molar-refractivity contribution in [3.63, 3.8) is 0 Å². The Hall–Kier alpha value is -2.73. The summed E-state index contributed by atoms with van der Waals surface area (Å²) in [7, 11) is 0. The van der Waals surface area contributed by atoms with Gasteiger partial charge in [-0.3, -0.25) is 0 Å². The topological polar surface area (TPSA) is 56.7 Å². The SMILES string of the molecule is Cc1ccc(Sc2ccc3ccnc(N4CCN(C(=O)O)CC4)c3c2)cc1C. The number of amides is 1. The minimum absolute atomic E-state index is 0.504. The van der Waals surface area contributed by atoms with Gasteiger partial charge in [0.15, 0.2) is 0 Å². The summed E-state index contributed by atoms with van der Waals surface area (Å²) in [4.78, 5) is 21.8. The van der Waals surface area contributed by atoms with Gasteiger partial charge < -0.3 is 14.9 Å². The number of nitrogens with zero attached hydrogens (tertiary/aromatic N) is 3. The van der Waals surface area contributed by atoms with Crippen molar-refractivity contribution >= 4 is 34.4 Å². The molecule has 1 saturated heterocycles. The third kappa shape index (κ3) is 3.78. The van der Waals surface area contributed by atoms with E-state index in [0.717, 1.165) is 16.6 Å². The van der Waals surface area contributed by atoms with E-state index in [2.05, 4.69) is 60.1 Å². The molecule has 3 aromatic rings. The van der Waals surface area contributed by atoms with Crippen LogP contribution in [0.5, 0.6) is 0 Å². The van der Waals surface area contributed by atoms with Crippen molar-refractivity contribution in [3.8, 4) is 0 Å². The molecular formula is C22H23N3O2S. The van der Waals surface area contributed by atoms with Crippen LogP contribution in [0.3, 0.4) is 0 Å². The molecule has 28 heavy (non-hydrogen) atoms. The lowest BCUT2D eigenvalue weighted by molar-refractivity contribution is 0.142. The van der Waals surface area contributed by atoms with Gasteiger partial charge in [0.2, 0.25) is 0 Å². The molecule has 144 valence electrons. The fraction of sp³-hybridized carbons (Fsp3) is 0.273. The molecule has 0 radical (unpaired) electrons. The Bertz CT molecular complexity index is 1030. The van der Waals surface area contributed by atoms with E-state index in [9.17, 15) is 4.79 Å². The van der Waals surface area contributed by atoms with Crippen LogP contribution in [-0.2, 0) is 0 Å². The van der Waals surface area contributed by atoms with Crippen molar-refractivity contribution in [2.24, 2.45) is 0 Å². The smallest absolute Gasteiger partial charge is 0.407 e. The standard InChI is InChI=1S/C22H23N3O2S/c1-15-3-5-18(13-16(15)2)28-19-6-4-17-7-8-23-21(20(17)14-19)24-9-11-25(12-10-24)22(26)27/h3-8,13-14H,9-12H2,1-2H3,(H,26,27). The number of rotatable bonds is 3. The van der Waals surface area contributed by atoms with Crippen LogP contribution in [0.4, 0.5) is 10.6 Å². The first kappa shape index (κ1) is 18.6. The van der Waals surface area contributed by atoms with Crippen molar-refractivity contribution in [1.29, 1.82) is 0 Å². The van der Waals surface area contributed by atoms with E-state index in [0.29, 0.717) is 26.2 Å². The number of carboxylic acid groups (broad SMARTS) is 1. The van der Waals surface area contributed by atoms with E-state index in [4.69, 9.17) is 5.11 Å². The Labute approximate surface area is 169 Å². The van der Waals surface area contributed by atoms with Gasteiger partial charge in [0.1, 0.15) is 5.82 Å². The van der Waals surface area contributed by atoms with E-state index in [-0.39, 0.29) is 0 Å². The average Bonchev–Trinajstić information content (AvgIpc) is 2.70. The number of hydrogen-bond acceptors (Lipinski definition) is 4. The molecule has 1 amide bonds. The zero-order chi connectivity index (χ0) is 19.7. The van der Waals surface area contributed by atoms with Crippen LogP contribution in [0.2, 0.25) is 0 Å². The molecule has 1 aromatic heterocycles. The van der Waals surface area contributed by atoms with Crippen LogP contribution in [0.1, 0.15) is 11.1 Å². The summed E-state index contributed by atoms with van der Waals surface area (Å²) in [5, 5.41) is 11.4. The maximum atomic E-state index is 11.2. The predicted octanol–water partition coefficient (Wildman–Crippen LogP) is 4.80. The predicted molar refractivity (Wildman–Crippen MR) is 114 cm³/mol. The Morgan fingerprint density at radius 1 is 0.964 bits per heavy atom. The minimum atomic E-state index is -0.849. The van der Waals surface area contributed by atoms with E-state index >= 15 is 0 Å². The van der Waals surface area contributed by atoms with Crippen molar-refractivity contribution in [3.05, 3.63) is 59.8 Å². The lowest BCUT2D eigenvalue weighted by Crippen LogP contribution is -2.48. The van der Waals surface area contributed by atoms with Crippen LogP contribution < -0.4 is 4.90 Å². The molecule has 0 spiro atoms. The maximum Gasteiger partial charge on any atom is 0.407 e. The highest BCUT2D eigenvalue weighted by atomic mass is 32.2. The van der Waals surface area contributed by atoms with Gasteiger partial charge in [0.25, 0.3) is 0 Å². The Balaban J connectivity index is 1.62. The Kier molecular flexibility index (Phi) is 5.13. The van der Waals surface area contributed by atoms with Gasteiger partial charge in [-0.25, -0.2) is 9.78 Å². The van der Waals surface area contributed by atoms with Crippen LogP contribution in [0.25, 0.3) is 10.8 Å². The second-order valence-corrected chi connectivity index (χ2v) is 8.27. The molecule has 1 aliphatic heterocycles. The number of carbonyl (C=O) groups is 1. The fourth-order valence-corrected chi connectivity index (χ4v) is 4.43. The number of piperazine rings is 1. The van der Waals surface area contributed by atoms with Gasteiger partial charge in [0, 0.05) is 47.6 Å². The summed E-state index contributed by atoms with van der Waals surface area (Å²) >= 11 is 1.75. The Morgan fingerprint density at radius 2 is 1.68 bits per heavy atom. The number of benzene rings is 2. The highest BCUT2D eigenvalue weighted by Gasteiger charge is 2.22. The van der Waals surface area contributed by atoms with Gasteiger partial charge in [-0.2, -0.15) is 0 Å². The number of anilines is 1. The van der Waals surface area contributed by atoms with Gasteiger partial charge in [-0.1, -0.05) is 23.9 Å². The molecule has 1 N–H and O–H groups in total. The quantitative estimate of drug-likeness (QED) is 0.692. The second-order valence-electron chi connectivity index (χ2n) is 7.12. The number of aromatic nitrogens is 1. The summed E-state index contributed by atoms with van der Waals surface area (Å²) in [6.45, 7) is 6.59. The molecule has 0 unspecified atom stereocenters. The molecule has 4 rings (SSSR count). The molecule has 2 aromatic carbocycles. The van der Waals surface area contributed by atoms with Crippen LogP contribution in [-0.4, -0.2) is 47.3 Å². The van der Waals surface area contributed by atoms with Crippen LogP contribution >= 0.6 is 11.8 Å². The normalized spacial score (nSPS) is 14.5. The van der Waals surface area contributed by atoms with Crippen LogP contribution in [0, 0.1) is 13.8 Å². The van der Waals surface area contributed by atoms with Gasteiger partial charge >= 0.3 is 6.09 Å². The molecule has 0 saturated carbocycles. The van der Waals surface area contributed by atoms with Gasteiger partial charge in [-0.15, -0.1) is 0 Å². The van der Waals surface area contributed by atoms with Crippen molar-refractivity contribution in [1.82, 2.24) is 9.88 Å². The molecule has 0 bridgehead atoms. The largest absolute Gasteiger partial charge is 0.465 e. The van der Waals surface area contributed by atoms with E-state index in [1.807, 2.05) is 12.3 Å². The molecule has 1 aliphatic rings. The van der Waals surface area contributed by atoms with Gasteiger partial charge in [-0.05, 0) is 60.7 Å². The molecule has 0 aliphatic carbocycles. The minimum Gasteiger partial charge on any atom is -0.465 e.